The topological polar surface area (TPSA) is 90.7 Å². The first-order valence-electron chi connectivity index (χ1n) is 8.31. The summed E-state index contributed by atoms with van der Waals surface area (Å²) in [5.74, 6) is 0.163. The minimum atomic E-state index is -0.541. The lowest BCUT2D eigenvalue weighted by Gasteiger charge is -2.07. The van der Waals surface area contributed by atoms with Crippen LogP contribution in [0.3, 0.4) is 0 Å². The Morgan fingerprint density at radius 3 is 2.56 bits per heavy atom. The van der Waals surface area contributed by atoms with Crippen LogP contribution < -0.4 is 10.1 Å². The van der Waals surface area contributed by atoms with Gasteiger partial charge in [-0.25, -0.2) is 4.79 Å². The van der Waals surface area contributed by atoms with E-state index in [-0.39, 0.29) is 11.3 Å². The summed E-state index contributed by atoms with van der Waals surface area (Å²) in [7, 11) is 1.28. The van der Waals surface area contributed by atoms with E-state index in [1.54, 1.807) is 24.3 Å². The maximum absolute atomic E-state index is 12.5. The van der Waals surface area contributed by atoms with Gasteiger partial charge in [0.25, 0.3) is 5.91 Å². The number of nitrogens with zero attached hydrogens (tertiary/aromatic N) is 1. The zero-order valence-electron chi connectivity index (χ0n) is 14.9. The van der Waals surface area contributed by atoms with Gasteiger partial charge in [-0.2, -0.15) is 0 Å². The van der Waals surface area contributed by atoms with Gasteiger partial charge in [0.05, 0.1) is 25.0 Å². The fourth-order valence-electron chi connectivity index (χ4n) is 2.47. The molecule has 27 heavy (non-hydrogen) atoms. The minimum absolute atomic E-state index is 0.0959. The Balaban J connectivity index is 1.77. The number of rotatable bonds is 6. The molecule has 0 saturated heterocycles. The number of hydrogen-bond donors (Lipinski definition) is 1. The molecule has 0 aliphatic rings. The molecule has 3 aromatic rings. The normalized spacial score (nSPS) is 10.3. The Labute approximate surface area is 155 Å². The number of amides is 1. The van der Waals surface area contributed by atoms with Gasteiger partial charge < -0.3 is 19.3 Å². The second-order valence-corrected chi connectivity index (χ2v) is 5.53. The number of anilines is 1. The van der Waals surface area contributed by atoms with Crippen molar-refractivity contribution in [1.82, 2.24) is 5.16 Å². The molecule has 0 unspecified atom stereocenters. The van der Waals surface area contributed by atoms with Gasteiger partial charge in [-0.1, -0.05) is 17.3 Å². The average molecular weight is 366 g/mol. The van der Waals surface area contributed by atoms with Crippen molar-refractivity contribution in [1.29, 1.82) is 0 Å². The van der Waals surface area contributed by atoms with E-state index in [4.69, 9.17) is 14.0 Å². The number of ether oxygens (including phenoxy) is 2. The number of nitrogens with one attached hydrogen (secondary N) is 1. The number of carbonyl (C=O) groups is 2. The van der Waals surface area contributed by atoms with Gasteiger partial charge in [-0.15, -0.1) is 0 Å². The van der Waals surface area contributed by atoms with Crippen molar-refractivity contribution >= 4 is 17.6 Å². The quantitative estimate of drug-likeness (QED) is 0.668. The molecule has 0 atom stereocenters. The lowest BCUT2D eigenvalue weighted by molar-refractivity contribution is 0.0602. The molecule has 0 aliphatic heterocycles. The fourth-order valence-corrected chi connectivity index (χ4v) is 2.47. The average Bonchev–Trinajstić information content (AvgIpc) is 3.19. The lowest BCUT2D eigenvalue weighted by Crippen LogP contribution is -2.15. The second kappa shape index (κ2) is 8.18. The summed E-state index contributed by atoms with van der Waals surface area (Å²) in [6.07, 6.45) is 0. The first kappa shape index (κ1) is 18.2. The third-order valence-electron chi connectivity index (χ3n) is 3.77. The molecule has 0 spiro atoms. The highest BCUT2D eigenvalue weighted by atomic mass is 16.5. The number of aromatic nitrogens is 1. The summed E-state index contributed by atoms with van der Waals surface area (Å²) in [6.45, 7) is 2.49. The lowest BCUT2D eigenvalue weighted by atomic mass is 10.1. The molecule has 0 radical (unpaired) electrons. The monoisotopic (exact) mass is 366 g/mol. The first-order valence-corrected chi connectivity index (χ1v) is 8.31. The summed E-state index contributed by atoms with van der Waals surface area (Å²) in [4.78, 5) is 24.3. The maximum atomic E-state index is 12.5. The molecule has 1 aromatic heterocycles. The van der Waals surface area contributed by atoms with Gasteiger partial charge in [0.15, 0.2) is 11.5 Å². The van der Waals surface area contributed by atoms with Crippen molar-refractivity contribution in [3.8, 4) is 17.1 Å². The molecule has 1 heterocycles. The van der Waals surface area contributed by atoms with Crippen LogP contribution in [-0.4, -0.2) is 30.7 Å². The Morgan fingerprint density at radius 2 is 1.85 bits per heavy atom. The minimum Gasteiger partial charge on any atom is -0.494 e. The zero-order valence-corrected chi connectivity index (χ0v) is 14.9. The van der Waals surface area contributed by atoms with Crippen LogP contribution in [0.4, 0.5) is 5.69 Å². The fraction of sp³-hybridized carbons (Fsp3) is 0.150. The van der Waals surface area contributed by atoms with Crippen molar-refractivity contribution in [2.75, 3.05) is 19.0 Å². The van der Waals surface area contributed by atoms with Gasteiger partial charge in [0.1, 0.15) is 5.75 Å². The molecule has 0 bridgehead atoms. The van der Waals surface area contributed by atoms with E-state index in [1.807, 2.05) is 31.2 Å². The van der Waals surface area contributed by atoms with Crippen LogP contribution in [0.5, 0.6) is 5.75 Å². The van der Waals surface area contributed by atoms with Gasteiger partial charge in [0.2, 0.25) is 0 Å². The third kappa shape index (κ3) is 4.14. The Hall–Kier alpha value is -3.61. The highest BCUT2D eigenvalue weighted by molar-refractivity contribution is 6.07. The van der Waals surface area contributed by atoms with Crippen molar-refractivity contribution < 1.29 is 23.6 Å². The van der Waals surface area contributed by atoms with Crippen LogP contribution in [0, 0.1) is 0 Å². The summed E-state index contributed by atoms with van der Waals surface area (Å²) < 4.78 is 15.4. The predicted octanol–water partition coefficient (Wildman–Crippen LogP) is 3.78. The number of para-hydroxylation sites is 1. The van der Waals surface area contributed by atoms with E-state index in [0.29, 0.717) is 18.1 Å². The number of benzene rings is 2. The summed E-state index contributed by atoms with van der Waals surface area (Å²) in [5.41, 5.74) is 1.45. The van der Waals surface area contributed by atoms with Gasteiger partial charge in [-0.3, -0.25) is 4.79 Å². The van der Waals surface area contributed by atoms with Crippen LogP contribution in [0.2, 0.25) is 0 Å². The number of carbonyl (C=O) groups excluding carboxylic acids is 2. The van der Waals surface area contributed by atoms with Crippen molar-refractivity contribution in [2.24, 2.45) is 0 Å². The van der Waals surface area contributed by atoms with Crippen LogP contribution in [-0.2, 0) is 4.74 Å². The van der Waals surface area contributed by atoms with Crippen molar-refractivity contribution in [3.05, 3.63) is 65.9 Å². The molecule has 138 valence electrons. The molecule has 2 aromatic carbocycles. The van der Waals surface area contributed by atoms with E-state index in [0.717, 1.165) is 11.3 Å². The molecule has 1 N–H and O–H groups in total. The van der Waals surface area contributed by atoms with Crippen LogP contribution in [0.1, 0.15) is 27.8 Å². The molecule has 0 aliphatic carbocycles. The van der Waals surface area contributed by atoms with E-state index >= 15 is 0 Å². The first-order chi connectivity index (χ1) is 13.1. The highest BCUT2D eigenvalue weighted by Crippen LogP contribution is 2.24. The SMILES string of the molecule is CCOc1ccc(-c2cc(C(=O)Nc3ccccc3C(=O)OC)no2)cc1. The van der Waals surface area contributed by atoms with Gasteiger partial charge in [0, 0.05) is 11.6 Å². The van der Waals surface area contributed by atoms with Crippen molar-refractivity contribution in [2.45, 2.75) is 6.92 Å². The Kier molecular flexibility index (Phi) is 5.51. The summed E-state index contributed by atoms with van der Waals surface area (Å²) in [6, 6.07) is 15.4. The summed E-state index contributed by atoms with van der Waals surface area (Å²) >= 11 is 0. The maximum Gasteiger partial charge on any atom is 0.339 e. The predicted molar refractivity (Wildman–Crippen MR) is 98.8 cm³/mol. The van der Waals surface area contributed by atoms with Crippen LogP contribution >= 0.6 is 0 Å². The van der Waals surface area contributed by atoms with E-state index < -0.39 is 11.9 Å². The molecule has 1 amide bonds. The van der Waals surface area contributed by atoms with Gasteiger partial charge >= 0.3 is 5.97 Å². The third-order valence-corrected chi connectivity index (χ3v) is 3.77. The molecule has 7 heteroatoms. The Morgan fingerprint density at radius 1 is 1.11 bits per heavy atom. The largest absolute Gasteiger partial charge is 0.494 e. The van der Waals surface area contributed by atoms with Crippen LogP contribution in [0.15, 0.2) is 59.1 Å². The molecule has 0 saturated carbocycles. The number of hydrogen-bond acceptors (Lipinski definition) is 6. The van der Waals surface area contributed by atoms with Gasteiger partial charge in [-0.05, 0) is 43.3 Å². The van der Waals surface area contributed by atoms with Crippen LogP contribution in [0.25, 0.3) is 11.3 Å². The standard InChI is InChI=1S/C20H18N2O5/c1-3-26-14-10-8-13(9-11-14)18-12-17(22-27-18)19(23)21-16-7-5-4-6-15(16)20(24)25-2/h4-12H,3H2,1-2H3,(H,21,23). The molecular weight excluding hydrogens is 348 g/mol. The molecular formula is C20H18N2O5. The second-order valence-electron chi connectivity index (χ2n) is 5.53. The smallest absolute Gasteiger partial charge is 0.339 e. The summed E-state index contributed by atoms with van der Waals surface area (Å²) in [5, 5.41) is 6.46. The molecule has 0 fully saturated rings. The highest BCUT2D eigenvalue weighted by Gasteiger charge is 2.17. The zero-order chi connectivity index (χ0) is 19.2. The van der Waals surface area contributed by atoms with Crippen molar-refractivity contribution in [3.63, 3.8) is 0 Å². The Bertz CT molecular complexity index is 947. The number of esters is 1. The van der Waals surface area contributed by atoms with E-state index in [1.165, 1.54) is 13.2 Å². The molecule has 7 nitrogen and oxygen atoms in total. The van der Waals surface area contributed by atoms with E-state index in [2.05, 4.69) is 10.5 Å². The van der Waals surface area contributed by atoms with E-state index in [9.17, 15) is 9.59 Å². The molecule has 3 rings (SSSR count). The number of methoxy groups -OCH3 is 1.